The normalized spacial score (nSPS) is 15.2. The molecule has 0 saturated carbocycles. The highest BCUT2D eigenvalue weighted by Crippen LogP contribution is 2.36. The molecule has 2 heterocycles. The van der Waals surface area contributed by atoms with Crippen LogP contribution >= 0.6 is 11.3 Å². The van der Waals surface area contributed by atoms with Gasteiger partial charge in [0.1, 0.15) is 5.75 Å². The summed E-state index contributed by atoms with van der Waals surface area (Å²) in [6, 6.07) is 11.3. The molecule has 11 heteroatoms. The molecule has 9 nitrogen and oxygen atoms in total. The average Bonchev–Trinajstić information content (AvgIpc) is 3.21. The quantitative estimate of drug-likeness (QED) is 0.489. The van der Waals surface area contributed by atoms with Gasteiger partial charge in [0, 0.05) is 42.5 Å². The van der Waals surface area contributed by atoms with Crippen LogP contribution in [0.4, 0.5) is 10.8 Å². The van der Waals surface area contributed by atoms with E-state index >= 15 is 0 Å². The molecule has 1 atom stereocenters. The summed E-state index contributed by atoms with van der Waals surface area (Å²) in [5.41, 5.74) is 2.76. The lowest BCUT2D eigenvalue weighted by molar-refractivity contribution is -0.120. The molecule has 3 aromatic rings. The predicted octanol–water partition coefficient (Wildman–Crippen LogP) is 3.53. The Bertz CT molecular complexity index is 1300. The second kappa shape index (κ2) is 9.20. The Kier molecular flexibility index (Phi) is 6.34. The van der Waals surface area contributed by atoms with E-state index in [1.807, 2.05) is 18.2 Å². The van der Waals surface area contributed by atoms with Gasteiger partial charge < -0.3 is 15.4 Å². The number of hydrogen-bond acceptors (Lipinski definition) is 7. The number of amides is 2. The van der Waals surface area contributed by atoms with E-state index in [2.05, 4.69) is 20.3 Å². The standard InChI is InChI=1S/C22H22N4O5S2/c1-13(27)23-16-4-6-17(7-5-16)33(29,30)26-22-25-20(12-32-22)15-3-8-21-18(11-15)19(9-10-31-21)24-14(2)28/h3-8,11-12,19H,9-10H2,1-2H3,(H,23,27)(H,24,28)(H,25,26). The molecule has 0 radical (unpaired) electrons. The predicted molar refractivity (Wildman–Crippen MR) is 126 cm³/mol. The van der Waals surface area contributed by atoms with Crippen LogP contribution in [0.25, 0.3) is 11.3 Å². The molecule has 0 fully saturated rings. The topological polar surface area (TPSA) is 126 Å². The van der Waals surface area contributed by atoms with Crippen LogP contribution in [0.2, 0.25) is 0 Å². The molecule has 2 aromatic carbocycles. The maximum absolute atomic E-state index is 12.7. The number of carbonyl (C=O) groups excluding carboxylic acids is 2. The van der Waals surface area contributed by atoms with Gasteiger partial charge in [-0.15, -0.1) is 11.3 Å². The summed E-state index contributed by atoms with van der Waals surface area (Å²) in [7, 11) is -3.85. The molecule has 0 saturated heterocycles. The first-order valence-electron chi connectivity index (χ1n) is 10.1. The minimum Gasteiger partial charge on any atom is -0.493 e. The van der Waals surface area contributed by atoms with E-state index in [1.54, 1.807) is 5.38 Å². The molecule has 33 heavy (non-hydrogen) atoms. The summed E-state index contributed by atoms with van der Waals surface area (Å²) >= 11 is 1.17. The number of carbonyl (C=O) groups is 2. The molecule has 1 unspecified atom stereocenters. The van der Waals surface area contributed by atoms with Crippen molar-refractivity contribution >= 4 is 44.0 Å². The first kappa shape index (κ1) is 22.7. The Hall–Kier alpha value is -3.44. The van der Waals surface area contributed by atoms with Gasteiger partial charge in [0.05, 0.1) is 23.2 Å². The van der Waals surface area contributed by atoms with Crippen molar-refractivity contribution in [3.05, 3.63) is 53.4 Å². The molecule has 3 N–H and O–H groups in total. The fourth-order valence-corrected chi connectivity index (χ4v) is 5.47. The number of nitrogens with zero attached hydrogens (tertiary/aromatic N) is 1. The Morgan fingerprint density at radius 3 is 2.55 bits per heavy atom. The molecule has 1 aliphatic heterocycles. The third kappa shape index (κ3) is 5.32. The minimum atomic E-state index is -3.85. The lowest BCUT2D eigenvalue weighted by atomic mass is 9.97. The smallest absolute Gasteiger partial charge is 0.263 e. The van der Waals surface area contributed by atoms with Crippen LogP contribution in [0, 0.1) is 0 Å². The highest BCUT2D eigenvalue weighted by molar-refractivity contribution is 7.93. The van der Waals surface area contributed by atoms with Crippen LogP contribution < -0.4 is 20.1 Å². The highest BCUT2D eigenvalue weighted by Gasteiger charge is 2.23. The van der Waals surface area contributed by atoms with Crippen molar-refractivity contribution in [2.45, 2.75) is 31.2 Å². The van der Waals surface area contributed by atoms with Crippen molar-refractivity contribution in [2.75, 3.05) is 16.6 Å². The van der Waals surface area contributed by atoms with Gasteiger partial charge >= 0.3 is 0 Å². The van der Waals surface area contributed by atoms with E-state index in [4.69, 9.17) is 4.74 Å². The maximum Gasteiger partial charge on any atom is 0.263 e. The lowest BCUT2D eigenvalue weighted by Gasteiger charge is -2.26. The van der Waals surface area contributed by atoms with Crippen LogP contribution in [0.3, 0.4) is 0 Å². The van der Waals surface area contributed by atoms with Gasteiger partial charge in [0.2, 0.25) is 11.8 Å². The Morgan fingerprint density at radius 2 is 1.85 bits per heavy atom. The van der Waals surface area contributed by atoms with Crippen molar-refractivity contribution in [3.8, 4) is 17.0 Å². The molecule has 2 amide bonds. The zero-order chi connectivity index (χ0) is 23.6. The molecule has 0 bridgehead atoms. The number of sulfonamides is 1. The van der Waals surface area contributed by atoms with Crippen LogP contribution in [-0.4, -0.2) is 31.8 Å². The fourth-order valence-electron chi connectivity index (χ4n) is 3.50. The molecular weight excluding hydrogens is 464 g/mol. The van der Waals surface area contributed by atoms with Crippen molar-refractivity contribution in [1.82, 2.24) is 10.3 Å². The summed E-state index contributed by atoms with van der Waals surface area (Å²) in [5.74, 6) is 0.354. The molecule has 0 spiro atoms. The van der Waals surface area contributed by atoms with E-state index in [-0.39, 0.29) is 27.9 Å². The molecule has 0 aliphatic carbocycles. The van der Waals surface area contributed by atoms with Crippen molar-refractivity contribution < 1.29 is 22.7 Å². The van der Waals surface area contributed by atoms with E-state index in [0.29, 0.717) is 30.2 Å². The summed E-state index contributed by atoms with van der Waals surface area (Å²) in [6.07, 6.45) is 0.666. The second-order valence-corrected chi connectivity index (χ2v) is 10.0. The molecule has 1 aliphatic rings. The van der Waals surface area contributed by atoms with Crippen LogP contribution in [0.1, 0.15) is 31.9 Å². The number of fused-ring (bicyclic) bond motifs is 1. The third-order valence-corrected chi connectivity index (χ3v) is 7.18. The largest absolute Gasteiger partial charge is 0.493 e. The first-order chi connectivity index (χ1) is 15.7. The monoisotopic (exact) mass is 486 g/mol. The fraction of sp³-hybridized carbons (Fsp3) is 0.227. The van der Waals surface area contributed by atoms with E-state index in [0.717, 1.165) is 11.1 Å². The summed E-state index contributed by atoms with van der Waals surface area (Å²) in [6.45, 7) is 3.37. The maximum atomic E-state index is 12.7. The van der Waals surface area contributed by atoms with Crippen molar-refractivity contribution in [1.29, 1.82) is 0 Å². The molecule has 1 aromatic heterocycles. The van der Waals surface area contributed by atoms with Gasteiger partial charge in [-0.2, -0.15) is 0 Å². The van der Waals surface area contributed by atoms with E-state index in [9.17, 15) is 18.0 Å². The molecule has 172 valence electrons. The van der Waals surface area contributed by atoms with Gasteiger partial charge in [0.25, 0.3) is 10.0 Å². The van der Waals surface area contributed by atoms with Gasteiger partial charge in [-0.05, 0) is 42.5 Å². The Morgan fingerprint density at radius 1 is 1.09 bits per heavy atom. The number of hydrogen-bond donors (Lipinski definition) is 3. The summed E-state index contributed by atoms with van der Waals surface area (Å²) in [4.78, 5) is 27.2. The van der Waals surface area contributed by atoms with Gasteiger partial charge in [0.15, 0.2) is 5.13 Å². The highest BCUT2D eigenvalue weighted by atomic mass is 32.2. The number of thiazole rings is 1. The number of aromatic nitrogens is 1. The van der Waals surface area contributed by atoms with Gasteiger partial charge in [-0.25, -0.2) is 13.4 Å². The number of ether oxygens (including phenoxy) is 1. The minimum absolute atomic E-state index is 0.0532. The van der Waals surface area contributed by atoms with Crippen molar-refractivity contribution in [2.24, 2.45) is 0 Å². The number of benzene rings is 2. The SMILES string of the molecule is CC(=O)Nc1ccc(S(=O)(=O)Nc2nc(-c3ccc4c(c3)C(NC(C)=O)CCO4)cs2)cc1. The molecular formula is C22H22N4O5S2. The Labute approximate surface area is 195 Å². The van der Waals surface area contributed by atoms with Crippen molar-refractivity contribution in [3.63, 3.8) is 0 Å². The average molecular weight is 487 g/mol. The second-order valence-electron chi connectivity index (χ2n) is 7.49. The van der Waals surface area contributed by atoms with Crippen LogP contribution in [-0.2, 0) is 19.6 Å². The van der Waals surface area contributed by atoms with Gasteiger partial charge in [-0.1, -0.05) is 0 Å². The van der Waals surface area contributed by atoms with Crippen LogP contribution in [0.5, 0.6) is 5.75 Å². The van der Waals surface area contributed by atoms with Crippen LogP contribution in [0.15, 0.2) is 52.7 Å². The molecule has 4 rings (SSSR count). The number of nitrogens with one attached hydrogen (secondary N) is 3. The van der Waals surface area contributed by atoms with E-state index < -0.39 is 10.0 Å². The Balaban J connectivity index is 1.53. The number of anilines is 2. The zero-order valence-electron chi connectivity index (χ0n) is 17.9. The van der Waals surface area contributed by atoms with Gasteiger partial charge in [-0.3, -0.25) is 14.3 Å². The lowest BCUT2D eigenvalue weighted by Crippen LogP contribution is -2.30. The first-order valence-corrected chi connectivity index (χ1v) is 12.5. The summed E-state index contributed by atoms with van der Waals surface area (Å²) < 4.78 is 33.6. The van der Waals surface area contributed by atoms with E-state index in [1.165, 1.54) is 49.4 Å². The third-order valence-electron chi connectivity index (χ3n) is 4.93. The summed E-state index contributed by atoms with van der Waals surface area (Å²) in [5, 5.41) is 7.51. The zero-order valence-corrected chi connectivity index (χ0v) is 19.5. The number of rotatable bonds is 6.